The van der Waals surface area contributed by atoms with Crippen LogP contribution in [-0.4, -0.2) is 21.6 Å². The van der Waals surface area contributed by atoms with Crippen molar-refractivity contribution in [2.75, 3.05) is 10.2 Å². The molecule has 0 radical (unpaired) electrons. The molecule has 3 heterocycles. The molecule has 2 amide bonds. The van der Waals surface area contributed by atoms with Gasteiger partial charge in [0.15, 0.2) is 0 Å². The molecular weight excluding hydrogens is 392 g/mol. The predicted octanol–water partition coefficient (Wildman–Crippen LogP) is 4.25. The van der Waals surface area contributed by atoms with E-state index in [9.17, 15) is 9.59 Å². The van der Waals surface area contributed by atoms with E-state index in [0.717, 1.165) is 16.9 Å². The summed E-state index contributed by atoms with van der Waals surface area (Å²) in [6, 6.07) is 18.4. The first kappa shape index (κ1) is 18.9. The van der Waals surface area contributed by atoms with Crippen LogP contribution in [0.15, 0.2) is 77.5 Å². The van der Waals surface area contributed by atoms with Crippen molar-refractivity contribution >= 4 is 23.2 Å². The highest BCUT2D eigenvalue weighted by Gasteiger charge is 2.25. The van der Waals surface area contributed by atoms with Gasteiger partial charge in [0.05, 0.1) is 30.6 Å². The van der Waals surface area contributed by atoms with Crippen LogP contribution in [0.25, 0.3) is 0 Å². The highest BCUT2D eigenvalue weighted by molar-refractivity contribution is 6.08. The zero-order valence-electron chi connectivity index (χ0n) is 16.9. The van der Waals surface area contributed by atoms with Crippen molar-refractivity contribution in [1.82, 2.24) is 9.78 Å². The van der Waals surface area contributed by atoms with Gasteiger partial charge >= 0.3 is 0 Å². The minimum Gasteiger partial charge on any atom is -0.469 e. The number of nitrogens with one attached hydrogen (secondary N) is 1. The summed E-state index contributed by atoms with van der Waals surface area (Å²) in [5, 5.41) is 7.21. The predicted molar refractivity (Wildman–Crippen MR) is 116 cm³/mol. The van der Waals surface area contributed by atoms with Gasteiger partial charge in [-0.3, -0.25) is 14.3 Å². The molecular formula is C24H20N4O3. The molecule has 0 bridgehead atoms. The van der Waals surface area contributed by atoms with E-state index in [1.54, 1.807) is 48.4 Å². The molecule has 2 aromatic carbocycles. The van der Waals surface area contributed by atoms with Gasteiger partial charge in [-0.1, -0.05) is 18.2 Å². The number of para-hydroxylation sites is 1. The first-order valence-corrected chi connectivity index (χ1v) is 9.96. The topological polar surface area (TPSA) is 80.4 Å². The molecule has 1 N–H and O–H groups in total. The van der Waals surface area contributed by atoms with Gasteiger partial charge in [-0.25, -0.2) is 0 Å². The Morgan fingerprint density at radius 2 is 1.81 bits per heavy atom. The number of carbonyl (C=O) groups is 2. The standard InChI is InChI=1S/C24H20N4O3/c1-16-21(11-13-31-16)23(29)26-19-8-6-17(7-9-19)24(30)27-15-20-10-12-25-28(20)14-18-4-2-3-5-22(18)27/h2-13H,14-15H2,1H3,(H,26,29). The summed E-state index contributed by atoms with van der Waals surface area (Å²) in [6.45, 7) is 2.80. The van der Waals surface area contributed by atoms with Crippen LogP contribution in [0.2, 0.25) is 0 Å². The second kappa shape index (κ2) is 7.60. The Bertz CT molecular complexity index is 1270. The van der Waals surface area contributed by atoms with E-state index in [1.807, 2.05) is 35.0 Å². The number of nitrogens with zero attached hydrogens (tertiary/aromatic N) is 3. The zero-order chi connectivity index (χ0) is 21.4. The number of benzene rings is 2. The number of aromatic nitrogens is 2. The Morgan fingerprint density at radius 3 is 2.58 bits per heavy atom. The Kier molecular flexibility index (Phi) is 4.63. The monoisotopic (exact) mass is 412 g/mol. The van der Waals surface area contributed by atoms with Gasteiger partial charge in [0.25, 0.3) is 11.8 Å². The van der Waals surface area contributed by atoms with Crippen LogP contribution in [0.5, 0.6) is 0 Å². The number of amides is 2. The summed E-state index contributed by atoms with van der Waals surface area (Å²) in [5.74, 6) is 0.203. The third-order valence-electron chi connectivity index (χ3n) is 5.47. The lowest BCUT2D eigenvalue weighted by Gasteiger charge is -2.22. The summed E-state index contributed by atoms with van der Waals surface area (Å²) in [7, 11) is 0. The Hall–Kier alpha value is -4.13. The average Bonchev–Trinajstić information content (AvgIpc) is 3.38. The maximum absolute atomic E-state index is 13.4. The number of hydrogen-bond donors (Lipinski definition) is 1. The van der Waals surface area contributed by atoms with Gasteiger partial charge in [-0.05, 0) is 55.0 Å². The molecule has 4 aromatic rings. The van der Waals surface area contributed by atoms with Crippen molar-refractivity contribution in [3.05, 3.63) is 101 Å². The quantitative estimate of drug-likeness (QED) is 0.546. The van der Waals surface area contributed by atoms with E-state index in [1.165, 1.54) is 6.26 Å². The van der Waals surface area contributed by atoms with E-state index in [0.29, 0.717) is 35.7 Å². The summed E-state index contributed by atoms with van der Waals surface area (Å²) >= 11 is 0. The van der Waals surface area contributed by atoms with Gasteiger partial charge in [0.2, 0.25) is 0 Å². The highest BCUT2D eigenvalue weighted by atomic mass is 16.3. The van der Waals surface area contributed by atoms with Gasteiger partial charge in [0.1, 0.15) is 5.76 Å². The average molecular weight is 412 g/mol. The van der Waals surface area contributed by atoms with Crippen LogP contribution in [0.1, 0.15) is 37.7 Å². The van der Waals surface area contributed by atoms with E-state index >= 15 is 0 Å². The SMILES string of the molecule is Cc1occc1C(=O)Nc1ccc(C(=O)N2Cc3ccnn3Cc3ccccc32)cc1. The number of hydrogen-bond acceptors (Lipinski definition) is 4. The Balaban J connectivity index is 1.40. The normalized spacial score (nSPS) is 12.6. The number of furan rings is 1. The lowest BCUT2D eigenvalue weighted by atomic mass is 10.1. The van der Waals surface area contributed by atoms with E-state index in [4.69, 9.17) is 4.42 Å². The van der Waals surface area contributed by atoms with Gasteiger partial charge in [0, 0.05) is 23.1 Å². The molecule has 7 heteroatoms. The van der Waals surface area contributed by atoms with Crippen LogP contribution in [0.4, 0.5) is 11.4 Å². The van der Waals surface area contributed by atoms with Crippen LogP contribution >= 0.6 is 0 Å². The molecule has 0 unspecified atom stereocenters. The Morgan fingerprint density at radius 1 is 1.00 bits per heavy atom. The second-order valence-corrected chi connectivity index (χ2v) is 7.42. The molecule has 0 atom stereocenters. The molecule has 0 fully saturated rings. The van der Waals surface area contributed by atoms with Crippen LogP contribution in [0.3, 0.4) is 0 Å². The number of carbonyl (C=O) groups excluding carboxylic acids is 2. The first-order valence-electron chi connectivity index (χ1n) is 9.96. The van der Waals surface area contributed by atoms with Gasteiger partial charge in [-0.15, -0.1) is 0 Å². The molecule has 1 aliphatic heterocycles. The molecule has 0 saturated carbocycles. The molecule has 1 aliphatic rings. The first-order chi connectivity index (χ1) is 15.1. The number of aryl methyl sites for hydroxylation is 1. The third kappa shape index (κ3) is 3.50. The molecule has 154 valence electrons. The fraction of sp³-hybridized carbons (Fsp3) is 0.125. The molecule has 5 rings (SSSR count). The summed E-state index contributed by atoms with van der Waals surface area (Å²) < 4.78 is 7.10. The molecule has 7 nitrogen and oxygen atoms in total. The second-order valence-electron chi connectivity index (χ2n) is 7.42. The maximum atomic E-state index is 13.4. The van der Waals surface area contributed by atoms with Crippen molar-refractivity contribution < 1.29 is 14.0 Å². The van der Waals surface area contributed by atoms with Crippen molar-refractivity contribution in [3.63, 3.8) is 0 Å². The van der Waals surface area contributed by atoms with E-state index in [-0.39, 0.29) is 11.8 Å². The van der Waals surface area contributed by atoms with Crippen LogP contribution in [0, 0.1) is 6.92 Å². The highest BCUT2D eigenvalue weighted by Crippen LogP contribution is 2.28. The Labute approximate surface area is 178 Å². The summed E-state index contributed by atoms with van der Waals surface area (Å²) in [5.41, 5.74) is 4.53. The van der Waals surface area contributed by atoms with Crippen molar-refractivity contribution in [3.8, 4) is 0 Å². The lowest BCUT2D eigenvalue weighted by Crippen LogP contribution is -2.30. The number of rotatable bonds is 3. The van der Waals surface area contributed by atoms with E-state index < -0.39 is 0 Å². The van der Waals surface area contributed by atoms with Crippen LogP contribution < -0.4 is 10.2 Å². The van der Waals surface area contributed by atoms with Gasteiger partial charge < -0.3 is 14.6 Å². The maximum Gasteiger partial charge on any atom is 0.259 e. The van der Waals surface area contributed by atoms with Crippen molar-refractivity contribution in [2.45, 2.75) is 20.0 Å². The number of fused-ring (bicyclic) bond motifs is 2. The zero-order valence-corrected chi connectivity index (χ0v) is 16.9. The number of anilines is 2. The molecule has 0 spiro atoms. The van der Waals surface area contributed by atoms with E-state index in [2.05, 4.69) is 10.4 Å². The molecule has 0 saturated heterocycles. The van der Waals surface area contributed by atoms with Crippen LogP contribution in [-0.2, 0) is 13.1 Å². The smallest absolute Gasteiger partial charge is 0.259 e. The molecule has 0 aliphatic carbocycles. The minimum absolute atomic E-state index is 0.106. The fourth-order valence-electron chi connectivity index (χ4n) is 3.81. The largest absolute Gasteiger partial charge is 0.469 e. The molecule has 31 heavy (non-hydrogen) atoms. The fourth-order valence-corrected chi connectivity index (χ4v) is 3.81. The summed E-state index contributed by atoms with van der Waals surface area (Å²) in [6.07, 6.45) is 3.24. The van der Waals surface area contributed by atoms with Gasteiger partial charge in [-0.2, -0.15) is 5.10 Å². The molecule has 2 aromatic heterocycles. The summed E-state index contributed by atoms with van der Waals surface area (Å²) in [4.78, 5) is 27.6. The third-order valence-corrected chi connectivity index (χ3v) is 5.47. The minimum atomic E-state index is -0.250. The lowest BCUT2D eigenvalue weighted by molar-refractivity contribution is 0.0983. The van der Waals surface area contributed by atoms with Crippen molar-refractivity contribution in [2.24, 2.45) is 0 Å². The van der Waals surface area contributed by atoms with Crippen molar-refractivity contribution in [1.29, 1.82) is 0 Å².